The van der Waals surface area contributed by atoms with E-state index in [1.807, 2.05) is 35.4 Å². The SMILES string of the molecule is O=C(c1c[nH]c2ccc(-c3ccccc3)cc12)N1CCN(Cc2ccccc2)CC1. The number of H-pyrrole nitrogens is 1. The number of piperazine rings is 1. The van der Waals surface area contributed by atoms with Gasteiger partial charge in [0.25, 0.3) is 5.91 Å². The van der Waals surface area contributed by atoms with Crippen molar-refractivity contribution >= 4 is 16.8 Å². The predicted octanol–water partition coefficient (Wildman–Crippen LogP) is 4.79. The minimum absolute atomic E-state index is 0.117. The lowest BCUT2D eigenvalue weighted by Crippen LogP contribution is -2.48. The van der Waals surface area contributed by atoms with Crippen molar-refractivity contribution in [3.63, 3.8) is 0 Å². The van der Waals surface area contributed by atoms with Gasteiger partial charge in [-0.25, -0.2) is 0 Å². The molecule has 0 bridgehead atoms. The first-order chi connectivity index (χ1) is 14.8. The van der Waals surface area contributed by atoms with Gasteiger partial charge in [-0.05, 0) is 28.8 Å². The van der Waals surface area contributed by atoms with Crippen LogP contribution in [-0.2, 0) is 6.54 Å². The monoisotopic (exact) mass is 395 g/mol. The van der Waals surface area contributed by atoms with E-state index in [-0.39, 0.29) is 5.91 Å². The second kappa shape index (κ2) is 8.17. The van der Waals surface area contributed by atoms with E-state index in [1.165, 1.54) is 5.56 Å². The number of hydrogen-bond acceptors (Lipinski definition) is 2. The van der Waals surface area contributed by atoms with E-state index in [4.69, 9.17) is 0 Å². The molecule has 0 unspecified atom stereocenters. The smallest absolute Gasteiger partial charge is 0.256 e. The number of nitrogens with zero attached hydrogens (tertiary/aromatic N) is 2. The maximum Gasteiger partial charge on any atom is 0.256 e. The predicted molar refractivity (Wildman–Crippen MR) is 121 cm³/mol. The summed E-state index contributed by atoms with van der Waals surface area (Å²) in [4.78, 5) is 20.9. The number of carbonyl (C=O) groups excluding carboxylic acids is 1. The highest BCUT2D eigenvalue weighted by molar-refractivity contribution is 6.07. The zero-order chi connectivity index (χ0) is 20.3. The fraction of sp³-hybridized carbons (Fsp3) is 0.192. The molecule has 3 aromatic carbocycles. The molecule has 1 aliphatic heterocycles. The maximum absolute atomic E-state index is 13.3. The van der Waals surface area contributed by atoms with Crippen molar-refractivity contribution in [1.82, 2.24) is 14.8 Å². The average molecular weight is 396 g/mol. The average Bonchev–Trinajstić information content (AvgIpc) is 3.24. The zero-order valence-electron chi connectivity index (χ0n) is 16.9. The van der Waals surface area contributed by atoms with Crippen molar-refractivity contribution in [3.05, 3.63) is 96.2 Å². The fourth-order valence-corrected chi connectivity index (χ4v) is 4.23. The third-order valence-electron chi connectivity index (χ3n) is 5.93. The van der Waals surface area contributed by atoms with Crippen molar-refractivity contribution in [1.29, 1.82) is 0 Å². The molecule has 150 valence electrons. The van der Waals surface area contributed by atoms with E-state index in [9.17, 15) is 4.79 Å². The molecule has 0 atom stereocenters. The highest BCUT2D eigenvalue weighted by Crippen LogP contribution is 2.27. The van der Waals surface area contributed by atoms with Crippen molar-refractivity contribution < 1.29 is 4.79 Å². The van der Waals surface area contributed by atoms with Gasteiger partial charge in [0, 0.05) is 49.8 Å². The van der Waals surface area contributed by atoms with Crippen LogP contribution in [0.5, 0.6) is 0 Å². The molecule has 1 saturated heterocycles. The summed E-state index contributed by atoms with van der Waals surface area (Å²) in [6.07, 6.45) is 1.86. The Balaban J connectivity index is 1.32. The summed E-state index contributed by atoms with van der Waals surface area (Å²) in [7, 11) is 0. The van der Waals surface area contributed by atoms with Crippen LogP contribution in [0.15, 0.2) is 85.1 Å². The Morgan fingerprint density at radius 1 is 0.800 bits per heavy atom. The first-order valence-corrected chi connectivity index (χ1v) is 10.5. The van der Waals surface area contributed by atoms with Crippen LogP contribution in [0.25, 0.3) is 22.0 Å². The molecule has 4 aromatic rings. The second-order valence-electron chi connectivity index (χ2n) is 7.88. The van der Waals surface area contributed by atoms with E-state index >= 15 is 0 Å². The highest BCUT2D eigenvalue weighted by Gasteiger charge is 2.24. The number of aromatic amines is 1. The summed E-state index contributed by atoms with van der Waals surface area (Å²) < 4.78 is 0. The van der Waals surface area contributed by atoms with E-state index < -0.39 is 0 Å². The molecule has 0 aliphatic carbocycles. The molecular weight excluding hydrogens is 370 g/mol. The highest BCUT2D eigenvalue weighted by atomic mass is 16.2. The minimum atomic E-state index is 0.117. The minimum Gasteiger partial charge on any atom is -0.360 e. The van der Waals surface area contributed by atoms with Gasteiger partial charge in [0.1, 0.15) is 0 Å². The van der Waals surface area contributed by atoms with E-state index in [0.29, 0.717) is 0 Å². The Kier molecular flexibility index (Phi) is 5.08. The number of carbonyl (C=O) groups is 1. The molecule has 0 saturated carbocycles. The first kappa shape index (κ1) is 18.6. The number of aromatic nitrogens is 1. The number of rotatable bonds is 4. The topological polar surface area (TPSA) is 39.3 Å². The Hall–Kier alpha value is -3.37. The van der Waals surface area contributed by atoms with Crippen molar-refractivity contribution in [2.45, 2.75) is 6.54 Å². The summed E-state index contributed by atoms with van der Waals surface area (Å²) in [6, 6.07) is 27.1. The Morgan fingerprint density at radius 2 is 1.50 bits per heavy atom. The molecule has 4 nitrogen and oxygen atoms in total. The Morgan fingerprint density at radius 3 is 2.23 bits per heavy atom. The van der Waals surface area contributed by atoms with Gasteiger partial charge in [-0.2, -0.15) is 0 Å². The molecule has 4 heteroatoms. The van der Waals surface area contributed by atoms with E-state index in [0.717, 1.165) is 60.3 Å². The second-order valence-corrected chi connectivity index (χ2v) is 7.88. The van der Waals surface area contributed by atoms with Crippen LogP contribution < -0.4 is 0 Å². The quantitative estimate of drug-likeness (QED) is 0.539. The molecule has 1 amide bonds. The summed E-state index contributed by atoms with van der Waals surface area (Å²) >= 11 is 0. The molecule has 2 heterocycles. The van der Waals surface area contributed by atoms with E-state index in [1.54, 1.807) is 0 Å². The van der Waals surface area contributed by atoms with Gasteiger partial charge >= 0.3 is 0 Å². The van der Waals surface area contributed by atoms with Gasteiger partial charge in [-0.1, -0.05) is 66.7 Å². The molecule has 0 radical (unpaired) electrons. The van der Waals surface area contributed by atoms with Gasteiger partial charge in [0.2, 0.25) is 0 Å². The third-order valence-corrected chi connectivity index (χ3v) is 5.93. The van der Waals surface area contributed by atoms with Crippen LogP contribution in [-0.4, -0.2) is 46.9 Å². The lowest BCUT2D eigenvalue weighted by molar-refractivity contribution is 0.0630. The van der Waals surface area contributed by atoms with Gasteiger partial charge in [0.15, 0.2) is 0 Å². The summed E-state index contributed by atoms with van der Waals surface area (Å²) in [5, 5.41) is 0.994. The lowest BCUT2D eigenvalue weighted by atomic mass is 10.0. The first-order valence-electron chi connectivity index (χ1n) is 10.5. The molecule has 30 heavy (non-hydrogen) atoms. The zero-order valence-corrected chi connectivity index (χ0v) is 16.9. The molecule has 1 aliphatic rings. The number of benzene rings is 3. The summed E-state index contributed by atoms with van der Waals surface area (Å²) in [5.41, 5.74) is 5.38. The van der Waals surface area contributed by atoms with Gasteiger partial charge in [-0.3, -0.25) is 9.69 Å². The normalized spacial score (nSPS) is 14.9. The molecule has 1 N–H and O–H groups in total. The van der Waals surface area contributed by atoms with Crippen LogP contribution in [0.2, 0.25) is 0 Å². The fourth-order valence-electron chi connectivity index (χ4n) is 4.23. The van der Waals surface area contributed by atoms with Gasteiger partial charge < -0.3 is 9.88 Å². The third kappa shape index (κ3) is 3.74. The van der Waals surface area contributed by atoms with Crippen LogP contribution in [0, 0.1) is 0 Å². The number of hydrogen-bond donors (Lipinski definition) is 1. The Labute approximate surface area is 176 Å². The van der Waals surface area contributed by atoms with Crippen molar-refractivity contribution in [2.24, 2.45) is 0 Å². The summed E-state index contributed by atoms with van der Waals surface area (Å²) in [5.74, 6) is 0.117. The van der Waals surface area contributed by atoms with Crippen LogP contribution in [0.3, 0.4) is 0 Å². The molecular formula is C26H25N3O. The maximum atomic E-state index is 13.3. The largest absolute Gasteiger partial charge is 0.360 e. The number of amides is 1. The van der Waals surface area contributed by atoms with Crippen LogP contribution in [0.1, 0.15) is 15.9 Å². The summed E-state index contributed by atoms with van der Waals surface area (Å²) in [6.45, 7) is 4.26. The molecule has 1 fully saturated rings. The van der Waals surface area contributed by atoms with Crippen LogP contribution >= 0.6 is 0 Å². The molecule has 0 spiro atoms. The van der Waals surface area contributed by atoms with Gasteiger partial charge in [-0.15, -0.1) is 0 Å². The van der Waals surface area contributed by atoms with E-state index in [2.05, 4.69) is 64.5 Å². The van der Waals surface area contributed by atoms with Crippen molar-refractivity contribution in [3.8, 4) is 11.1 Å². The number of fused-ring (bicyclic) bond motifs is 1. The standard InChI is InChI=1S/C26H25N3O/c30-26(29-15-13-28(14-16-29)19-20-7-3-1-4-8-20)24-18-27-25-12-11-22(17-23(24)25)21-9-5-2-6-10-21/h1-12,17-18,27H,13-16,19H2. The molecule has 1 aromatic heterocycles. The lowest BCUT2D eigenvalue weighted by Gasteiger charge is -2.34. The van der Waals surface area contributed by atoms with Gasteiger partial charge in [0.05, 0.1) is 5.56 Å². The molecule has 5 rings (SSSR count). The van der Waals surface area contributed by atoms with Crippen molar-refractivity contribution in [2.75, 3.05) is 26.2 Å². The van der Waals surface area contributed by atoms with Crippen LogP contribution in [0.4, 0.5) is 0 Å². The Bertz CT molecular complexity index is 1140. The number of nitrogens with one attached hydrogen (secondary N) is 1.